The Morgan fingerprint density at radius 2 is 1.88 bits per heavy atom. The summed E-state index contributed by atoms with van der Waals surface area (Å²) in [5.74, 6) is 0.835. The number of methoxy groups -OCH3 is 1. The summed E-state index contributed by atoms with van der Waals surface area (Å²) < 4.78 is 7.01. The van der Waals surface area contributed by atoms with Gasteiger partial charge in [0.1, 0.15) is 11.6 Å². The van der Waals surface area contributed by atoms with E-state index < -0.39 is 11.2 Å². The quantitative estimate of drug-likeness (QED) is 0.318. The molecule has 0 radical (unpaired) electrons. The van der Waals surface area contributed by atoms with E-state index in [-0.39, 0.29) is 18.1 Å². The second kappa shape index (κ2) is 10.4. The molecular weight excluding hydrogens is 480 g/mol. The number of hydrogen-bond acceptors (Lipinski definition) is 7. The molecule has 0 aliphatic rings. The molecule has 34 heavy (non-hydrogen) atoms. The number of carbonyl (C=O) groups excluding carboxylic acids is 1. The molecule has 1 amide bonds. The molecule has 10 nitrogen and oxygen atoms in total. The molecule has 0 spiro atoms. The van der Waals surface area contributed by atoms with Gasteiger partial charge in [0.05, 0.1) is 18.6 Å². The zero-order valence-electron chi connectivity index (χ0n) is 17.9. The number of aromatic amines is 2. The van der Waals surface area contributed by atoms with Crippen molar-refractivity contribution in [3.63, 3.8) is 0 Å². The number of ether oxygens (including phenoxy) is 1. The number of H-pyrrole nitrogens is 2. The summed E-state index contributed by atoms with van der Waals surface area (Å²) in [6.07, 6.45) is 0.142. The maximum Gasteiger partial charge on any atom is 0.325 e. The number of benzene rings is 2. The number of rotatable bonds is 8. The third-order valence-electron chi connectivity index (χ3n) is 4.66. The number of amides is 1. The van der Waals surface area contributed by atoms with E-state index in [2.05, 4.69) is 25.5 Å². The van der Waals surface area contributed by atoms with Crippen LogP contribution in [0.2, 0.25) is 5.02 Å². The molecule has 0 saturated heterocycles. The third kappa shape index (κ3) is 5.56. The van der Waals surface area contributed by atoms with Crippen molar-refractivity contribution in [2.75, 3.05) is 18.2 Å². The summed E-state index contributed by atoms with van der Waals surface area (Å²) in [6.45, 7) is 0. The highest BCUT2D eigenvalue weighted by molar-refractivity contribution is 7.99. The lowest BCUT2D eigenvalue weighted by molar-refractivity contribution is -0.113. The number of nitrogens with zero attached hydrogens (tertiary/aromatic N) is 3. The first kappa shape index (κ1) is 23.3. The van der Waals surface area contributed by atoms with Gasteiger partial charge in [0.15, 0.2) is 5.16 Å². The van der Waals surface area contributed by atoms with Gasteiger partial charge in [0, 0.05) is 28.9 Å². The summed E-state index contributed by atoms with van der Waals surface area (Å²) in [4.78, 5) is 40.6. The van der Waals surface area contributed by atoms with Crippen LogP contribution < -0.4 is 21.3 Å². The number of hydrogen-bond donors (Lipinski definition) is 3. The second-order valence-corrected chi connectivity index (χ2v) is 8.42. The normalized spacial score (nSPS) is 10.8. The third-order valence-corrected chi connectivity index (χ3v) is 5.84. The van der Waals surface area contributed by atoms with E-state index in [0.29, 0.717) is 38.8 Å². The Bertz CT molecular complexity index is 1400. The van der Waals surface area contributed by atoms with Crippen LogP contribution >= 0.6 is 23.4 Å². The molecule has 12 heteroatoms. The van der Waals surface area contributed by atoms with Gasteiger partial charge in [-0.25, -0.2) is 4.79 Å². The second-order valence-electron chi connectivity index (χ2n) is 7.04. The number of nitrogens with one attached hydrogen (secondary N) is 3. The molecule has 2 aromatic heterocycles. The summed E-state index contributed by atoms with van der Waals surface area (Å²) in [7, 11) is 1.53. The molecule has 0 unspecified atom stereocenters. The highest BCUT2D eigenvalue weighted by Gasteiger charge is 2.17. The van der Waals surface area contributed by atoms with Crippen LogP contribution in [0.1, 0.15) is 11.5 Å². The van der Waals surface area contributed by atoms with Crippen molar-refractivity contribution in [2.24, 2.45) is 0 Å². The van der Waals surface area contributed by atoms with Crippen LogP contribution in [0.25, 0.3) is 5.69 Å². The van der Waals surface area contributed by atoms with Gasteiger partial charge in [0.2, 0.25) is 5.91 Å². The first-order valence-corrected chi connectivity index (χ1v) is 11.4. The minimum atomic E-state index is -0.609. The number of carbonyl (C=O) groups is 1. The number of thioether (sulfide) groups is 1. The smallest absolute Gasteiger partial charge is 0.325 e. The number of halogens is 1. The average molecular weight is 499 g/mol. The van der Waals surface area contributed by atoms with Gasteiger partial charge in [-0.05, 0) is 36.4 Å². The number of para-hydroxylation sites is 2. The molecule has 2 heterocycles. The Morgan fingerprint density at radius 3 is 2.62 bits per heavy atom. The minimum Gasteiger partial charge on any atom is -0.495 e. The Kier molecular flexibility index (Phi) is 7.14. The van der Waals surface area contributed by atoms with Crippen molar-refractivity contribution in [3.8, 4) is 11.4 Å². The molecule has 174 valence electrons. The van der Waals surface area contributed by atoms with E-state index in [0.717, 1.165) is 0 Å². The van der Waals surface area contributed by atoms with Crippen molar-refractivity contribution < 1.29 is 9.53 Å². The monoisotopic (exact) mass is 498 g/mol. The largest absolute Gasteiger partial charge is 0.495 e. The predicted octanol–water partition coefficient (Wildman–Crippen LogP) is 2.63. The van der Waals surface area contributed by atoms with E-state index in [1.54, 1.807) is 47.0 Å². The van der Waals surface area contributed by atoms with Crippen molar-refractivity contribution >= 4 is 35.0 Å². The molecule has 3 N–H and O–H groups in total. The molecule has 4 aromatic rings. The minimum absolute atomic E-state index is 0.0611. The van der Waals surface area contributed by atoms with Gasteiger partial charge in [0.25, 0.3) is 5.56 Å². The molecule has 4 rings (SSSR count). The van der Waals surface area contributed by atoms with E-state index in [1.807, 2.05) is 6.07 Å². The molecule has 0 saturated carbocycles. The van der Waals surface area contributed by atoms with Crippen LogP contribution in [0.5, 0.6) is 5.75 Å². The fourth-order valence-corrected chi connectivity index (χ4v) is 4.10. The van der Waals surface area contributed by atoms with Gasteiger partial charge >= 0.3 is 5.69 Å². The van der Waals surface area contributed by atoms with E-state index in [4.69, 9.17) is 16.3 Å². The Hall–Kier alpha value is -3.83. The molecule has 0 bridgehead atoms. The Balaban J connectivity index is 1.59. The van der Waals surface area contributed by atoms with Crippen molar-refractivity contribution in [2.45, 2.75) is 11.6 Å². The summed E-state index contributed by atoms with van der Waals surface area (Å²) >= 11 is 7.22. The highest BCUT2D eigenvalue weighted by Crippen LogP contribution is 2.26. The zero-order valence-corrected chi connectivity index (χ0v) is 19.4. The first-order chi connectivity index (χ1) is 16.4. The van der Waals surface area contributed by atoms with Crippen LogP contribution in [0.15, 0.2) is 69.3 Å². The Morgan fingerprint density at radius 1 is 1.12 bits per heavy atom. The van der Waals surface area contributed by atoms with Gasteiger partial charge in [-0.1, -0.05) is 35.5 Å². The predicted molar refractivity (Wildman–Crippen MR) is 129 cm³/mol. The van der Waals surface area contributed by atoms with Crippen molar-refractivity contribution in [1.29, 1.82) is 0 Å². The molecule has 0 aliphatic heterocycles. The number of anilines is 1. The van der Waals surface area contributed by atoms with Crippen molar-refractivity contribution in [3.05, 3.63) is 92.0 Å². The van der Waals surface area contributed by atoms with Crippen LogP contribution in [-0.4, -0.2) is 43.5 Å². The maximum atomic E-state index is 12.6. The van der Waals surface area contributed by atoms with Crippen LogP contribution in [0, 0.1) is 0 Å². The molecule has 2 aromatic carbocycles. The summed E-state index contributed by atoms with van der Waals surface area (Å²) in [6, 6.07) is 15.4. The van der Waals surface area contributed by atoms with Crippen LogP contribution in [-0.2, 0) is 11.2 Å². The molecule has 0 aliphatic carbocycles. The number of aromatic nitrogens is 5. The fraction of sp³-hybridized carbons (Fsp3) is 0.136. The van der Waals surface area contributed by atoms with Gasteiger partial charge in [-0.2, -0.15) is 0 Å². The lowest BCUT2D eigenvalue weighted by atomic mass is 10.2. The standard InChI is InChI=1S/C22H19ClN6O4S/c1-33-17-5-3-2-4-16(17)25-20(31)12-34-22-28-27-18(10-14-11-19(30)26-21(32)24-14)29(22)15-8-6-13(23)7-9-15/h2-9,11H,10,12H2,1H3,(H,25,31)(H2,24,26,30,32). The maximum absolute atomic E-state index is 12.6. The zero-order chi connectivity index (χ0) is 24.1. The fourth-order valence-electron chi connectivity index (χ4n) is 3.21. The summed E-state index contributed by atoms with van der Waals surface area (Å²) in [5.41, 5.74) is 0.529. The lowest BCUT2D eigenvalue weighted by Gasteiger charge is -2.11. The van der Waals surface area contributed by atoms with Gasteiger partial charge < -0.3 is 15.0 Å². The van der Waals surface area contributed by atoms with E-state index in [1.165, 1.54) is 24.9 Å². The molecule has 0 fully saturated rings. The Labute approximate surface area is 202 Å². The average Bonchev–Trinajstić information content (AvgIpc) is 3.20. The summed E-state index contributed by atoms with van der Waals surface area (Å²) in [5, 5.41) is 12.3. The SMILES string of the molecule is COc1ccccc1NC(=O)CSc1nnc(Cc2cc(=O)[nH]c(=O)[nH]2)n1-c1ccc(Cl)cc1. The molecule has 0 atom stereocenters. The first-order valence-electron chi connectivity index (χ1n) is 10.0. The van der Waals surface area contributed by atoms with Gasteiger partial charge in [-0.15, -0.1) is 10.2 Å². The highest BCUT2D eigenvalue weighted by atomic mass is 35.5. The van der Waals surface area contributed by atoms with Crippen LogP contribution in [0.3, 0.4) is 0 Å². The van der Waals surface area contributed by atoms with Gasteiger partial charge in [-0.3, -0.25) is 19.1 Å². The topological polar surface area (TPSA) is 135 Å². The molecular formula is C22H19ClN6O4S. The van der Waals surface area contributed by atoms with E-state index in [9.17, 15) is 14.4 Å². The lowest BCUT2D eigenvalue weighted by Crippen LogP contribution is -2.23. The van der Waals surface area contributed by atoms with Crippen molar-refractivity contribution in [1.82, 2.24) is 24.7 Å². The van der Waals surface area contributed by atoms with Crippen LogP contribution in [0.4, 0.5) is 5.69 Å². The van der Waals surface area contributed by atoms with E-state index >= 15 is 0 Å².